The van der Waals surface area contributed by atoms with E-state index < -0.39 is 7.60 Å². The number of thiocarbonyl (C=S) groups is 1. The third-order valence-corrected chi connectivity index (χ3v) is 5.09. The van der Waals surface area contributed by atoms with E-state index in [0.717, 1.165) is 25.9 Å². The average molecular weight is 251 g/mol. The van der Waals surface area contributed by atoms with Gasteiger partial charge in [0.1, 0.15) is 0 Å². The van der Waals surface area contributed by atoms with Crippen LogP contribution >= 0.6 is 19.8 Å². The highest BCUT2D eigenvalue weighted by atomic mass is 32.1. The van der Waals surface area contributed by atoms with Gasteiger partial charge < -0.3 is 13.9 Å². The minimum absolute atomic E-state index is 0.351. The van der Waals surface area contributed by atoms with Crippen LogP contribution in [0.2, 0.25) is 0 Å². The summed E-state index contributed by atoms with van der Waals surface area (Å²) in [6.07, 6.45) is 2.19. The third kappa shape index (κ3) is 3.25. The van der Waals surface area contributed by atoms with Gasteiger partial charge in [-0.2, -0.15) is 0 Å². The van der Waals surface area contributed by atoms with Crippen molar-refractivity contribution in [3.63, 3.8) is 0 Å². The lowest BCUT2D eigenvalue weighted by Crippen LogP contribution is -2.27. The highest BCUT2D eigenvalue weighted by Crippen LogP contribution is 2.51. The van der Waals surface area contributed by atoms with Crippen molar-refractivity contribution in [2.45, 2.75) is 26.7 Å². The van der Waals surface area contributed by atoms with Gasteiger partial charge in [-0.05, 0) is 26.7 Å². The first-order valence-electron chi connectivity index (χ1n) is 5.32. The Balaban J connectivity index is 2.69. The first kappa shape index (κ1) is 13.1. The Kier molecular flexibility index (Phi) is 5.19. The minimum atomic E-state index is -3.20. The maximum atomic E-state index is 12.3. The molecule has 0 spiro atoms. The molecule has 1 aliphatic rings. The Morgan fingerprint density at radius 1 is 1.27 bits per heavy atom. The van der Waals surface area contributed by atoms with E-state index in [0.29, 0.717) is 17.9 Å². The molecule has 0 unspecified atom stereocenters. The Hall–Kier alpha value is 0.0400. The van der Waals surface area contributed by atoms with Gasteiger partial charge in [0, 0.05) is 13.1 Å². The topological polar surface area (TPSA) is 38.8 Å². The molecule has 0 amide bonds. The van der Waals surface area contributed by atoms with Crippen LogP contribution in [-0.4, -0.2) is 35.9 Å². The molecule has 0 aliphatic carbocycles. The number of nitrogens with zero attached hydrogens (tertiary/aromatic N) is 1. The maximum absolute atomic E-state index is 12.3. The quantitative estimate of drug-likeness (QED) is 0.555. The summed E-state index contributed by atoms with van der Waals surface area (Å²) in [7, 11) is -3.20. The van der Waals surface area contributed by atoms with E-state index in [4.69, 9.17) is 21.3 Å². The van der Waals surface area contributed by atoms with Crippen molar-refractivity contribution in [3.8, 4) is 0 Å². The summed E-state index contributed by atoms with van der Waals surface area (Å²) < 4.78 is 23.0. The smallest absolute Gasteiger partial charge is 0.356 e. The molecule has 0 aromatic carbocycles. The molecule has 0 N–H and O–H groups in total. The molecule has 1 saturated heterocycles. The van der Waals surface area contributed by atoms with Gasteiger partial charge in [0.2, 0.25) is 0 Å². The normalized spacial score (nSPS) is 17.1. The molecular weight excluding hydrogens is 233 g/mol. The summed E-state index contributed by atoms with van der Waals surface area (Å²) in [6.45, 7) is 6.01. The molecule has 0 aromatic heterocycles. The fraction of sp³-hybridized carbons (Fsp3) is 0.889. The van der Waals surface area contributed by atoms with Gasteiger partial charge in [-0.15, -0.1) is 0 Å². The van der Waals surface area contributed by atoms with Crippen LogP contribution in [0.1, 0.15) is 26.7 Å². The molecule has 0 radical (unpaired) electrons. The molecular formula is C9H18NO3PS. The SMILES string of the molecule is CCOP(=O)(OCC)C(=S)N1CCCC1. The Morgan fingerprint density at radius 3 is 2.13 bits per heavy atom. The summed E-state index contributed by atoms with van der Waals surface area (Å²) in [5.74, 6) is 0. The second-order valence-electron chi connectivity index (χ2n) is 3.31. The van der Waals surface area contributed by atoms with Crippen molar-refractivity contribution in [2.75, 3.05) is 26.3 Å². The zero-order chi connectivity index (χ0) is 11.3. The van der Waals surface area contributed by atoms with E-state index in [1.807, 2.05) is 4.90 Å². The second kappa shape index (κ2) is 5.94. The lowest BCUT2D eigenvalue weighted by molar-refractivity contribution is 0.229. The standard InChI is InChI=1S/C9H18NO3PS/c1-3-12-14(11,13-4-2)9(15)10-7-5-6-8-10/h3-8H2,1-2H3. The van der Waals surface area contributed by atoms with Crippen LogP contribution in [-0.2, 0) is 13.6 Å². The van der Waals surface area contributed by atoms with Gasteiger partial charge in [0.05, 0.1) is 13.2 Å². The molecule has 4 nitrogen and oxygen atoms in total. The van der Waals surface area contributed by atoms with Gasteiger partial charge in [0.25, 0.3) is 0 Å². The summed E-state index contributed by atoms with van der Waals surface area (Å²) in [4.78, 5) is 1.93. The monoisotopic (exact) mass is 251 g/mol. The molecule has 88 valence electrons. The Labute approximate surface area is 96.5 Å². The van der Waals surface area contributed by atoms with E-state index in [1.54, 1.807) is 13.8 Å². The lowest BCUT2D eigenvalue weighted by atomic mass is 10.4. The minimum Gasteiger partial charge on any atom is -0.356 e. The molecule has 0 atom stereocenters. The highest BCUT2D eigenvalue weighted by molar-refractivity contribution is 7.97. The van der Waals surface area contributed by atoms with E-state index in [2.05, 4.69) is 0 Å². The second-order valence-corrected chi connectivity index (χ2v) is 5.93. The maximum Gasteiger partial charge on any atom is 0.388 e. The van der Waals surface area contributed by atoms with Crippen molar-refractivity contribution < 1.29 is 13.6 Å². The van der Waals surface area contributed by atoms with Crippen LogP contribution in [0.5, 0.6) is 0 Å². The van der Waals surface area contributed by atoms with Crippen molar-refractivity contribution in [1.82, 2.24) is 4.90 Å². The van der Waals surface area contributed by atoms with Crippen LogP contribution in [0.25, 0.3) is 0 Å². The van der Waals surface area contributed by atoms with Crippen molar-refractivity contribution in [3.05, 3.63) is 0 Å². The van der Waals surface area contributed by atoms with E-state index >= 15 is 0 Å². The Morgan fingerprint density at radius 2 is 1.73 bits per heavy atom. The number of hydrogen-bond acceptors (Lipinski definition) is 4. The fourth-order valence-electron chi connectivity index (χ4n) is 1.57. The summed E-state index contributed by atoms with van der Waals surface area (Å²) in [6, 6.07) is 0. The van der Waals surface area contributed by atoms with Crippen LogP contribution in [0.15, 0.2) is 0 Å². The number of likely N-dealkylation sites (tertiary alicyclic amines) is 1. The molecule has 1 rings (SSSR count). The van der Waals surface area contributed by atoms with Crippen molar-refractivity contribution in [1.29, 1.82) is 0 Å². The predicted molar refractivity (Wildman–Crippen MR) is 64.3 cm³/mol. The molecule has 1 aliphatic heterocycles. The van der Waals surface area contributed by atoms with Gasteiger partial charge >= 0.3 is 7.60 Å². The molecule has 0 bridgehead atoms. The fourth-order valence-corrected chi connectivity index (χ4v) is 3.59. The molecule has 0 saturated carbocycles. The van der Waals surface area contributed by atoms with Crippen LogP contribution in [0, 0.1) is 0 Å². The lowest BCUT2D eigenvalue weighted by Gasteiger charge is -2.24. The van der Waals surface area contributed by atoms with E-state index in [1.165, 1.54) is 0 Å². The summed E-state index contributed by atoms with van der Waals surface area (Å²) >= 11 is 5.19. The van der Waals surface area contributed by atoms with Crippen molar-refractivity contribution in [2.24, 2.45) is 0 Å². The van der Waals surface area contributed by atoms with Gasteiger partial charge in [-0.3, -0.25) is 4.57 Å². The zero-order valence-electron chi connectivity index (χ0n) is 9.27. The van der Waals surface area contributed by atoms with E-state index in [-0.39, 0.29) is 0 Å². The van der Waals surface area contributed by atoms with Crippen LogP contribution in [0.3, 0.4) is 0 Å². The third-order valence-electron chi connectivity index (χ3n) is 2.21. The zero-order valence-corrected chi connectivity index (χ0v) is 11.0. The number of hydrogen-bond donors (Lipinski definition) is 0. The van der Waals surface area contributed by atoms with Crippen LogP contribution < -0.4 is 0 Å². The van der Waals surface area contributed by atoms with E-state index in [9.17, 15) is 4.57 Å². The molecule has 15 heavy (non-hydrogen) atoms. The van der Waals surface area contributed by atoms with Gasteiger partial charge in [-0.1, -0.05) is 12.2 Å². The predicted octanol–water partition coefficient (Wildman–Crippen LogP) is 2.63. The van der Waals surface area contributed by atoms with Gasteiger partial charge in [0.15, 0.2) is 4.73 Å². The molecule has 6 heteroatoms. The molecule has 1 fully saturated rings. The summed E-state index contributed by atoms with van der Waals surface area (Å²) in [5.41, 5.74) is 0. The number of rotatable bonds is 5. The highest BCUT2D eigenvalue weighted by Gasteiger charge is 2.35. The molecule has 1 heterocycles. The Bertz CT molecular complexity index is 256. The van der Waals surface area contributed by atoms with Crippen molar-refractivity contribution >= 4 is 24.5 Å². The molecule has 0 aromatic rings. The first-order chi connectivity index (χ1) is 7.14. The largest absolute Gasteiger partial charge is 0.388 e. The average Bonchev–Trinajstić information content (AvgIpc) is 2.70. The summed E-state index contributed by atoms with van der Waals surface area (Å²) in [5, 5.41) is 0. The first-order valence-corrected chi connectivity index (χ1v) is 7.27. The van der Waals surface area contributed by atoms with Crippen LogP contribution in [0.4, 0.5) is 0 Å². The van der Waals surface area contributed by atoms with Gasteiger partial charge in [-0.25, -0.2) is 0 Å².